The van der Waals surface area contributed by atoms with E-state index in [1.54, 1.807) is 11.9 Å². The van der Waals surface area contributed by atoms with Crippen molar-refractivity contribution in [3.8, 4) is 0 Å². The minimum Gasteiger partial charge on any atom is -0.394 e. The minimum atomic E-state index is -0.487. The van der Waals surface area contributed by atoms with Crippen LogP contribution in [-0.4, -0.2) is 53.7 Å². The summed E-state index contributed by atoms with van der Waals surface area (Å²) >= 11 is 0. The van der Waals surface area contributed by atoms with E-state index in [4.69, 9.17) is 0 Å². The Morgan fingerprint density at radius 1 is 1.32 bits per heavy atom. The lowest BCUT2D eigenvalue weighted by Crippen LogP contribution is -2.51. The standard InChI is InChI=1S/C13H25N3O3/c1-13(2,9-17)16(3)8-11(18)15-12(19)14-10-6-4-5-7-10/h10,17H,4-9H2,1-3H3,(H2,14,15,18,19). The van der Waals surface area contributed by atoms with Gasteiger partial charge in [0.1, 0.15) is 0 Å². The fourth-order valence-corrected chi connectivity index (χ4v) is 2.01. The second kappa shape index (κ2) is 6.86. The smallest absolute Gasteiger partial charge is 0.321 e. The highest BCUT2D eigenvalue weighted by molar-refractivity contribution is 5.95. The highest BCUT2D eigenvalue weighted by Gasteiger charge is 2.25. The van der Waals surface area contributed by atoms with Gasteiger partial charge in [-0.2, -0.15) is 0 Å². The second-order valence-corrected chi connectivity index (χ2v) is 5.83. The Labute approximate surface area is 114 Å². The summed E-state index contributed by atoms with van der Waals surface area (Å²) in [5.41, 5.74) is -0.487. The lowest BCUT2D eigenvalue weighted by molar-refractivity contribution is -0.122. The Morgan fingerprint density at radius 2 is 1.89 bits per heavy atom. The van der Waals surface area contributed by atoms with E-state index in [9.17, 15) is 14.7 Å². The average Bonchev–Trinajstić information content (AvgIpc) is 2.81. The molecule has 3 N–H and O–H groups in total. The number of hydrogen-bond donors (Lipinski definition) is 3. The first kappa shape index (κ1) is 15.9. The van der Waals surface area contributed by atoms with Crippen molar-refractivity contribution in [1.82, 2.24) is 15.5 Å². The van der Waals surface area contributed by atoms with E-state index < -0.39 is 11.6 Å². The number of rotatable bonds is 5. The maximum Gasteiger partial charge on any atom is 0.321 e. The van der Waals surface area contributed by atoms with Crippen molar-refractivity contribution >= 4 is 11.9 Å². The van der Waals surface area contributed by atoms with Gasteiger partial charge in [-0.1, -0.05) is 12.8 Å². The van der Waals surface area contributed by atoms with Crippen molar-refractivity contribution in [2.24, 2.45) is 0 Å². The van der Waals surface area contributed by atoms with Crippen molar-refractivity contribution in [1.29, 1.82) is 0 Å². The zero-order valence-corrected chi connectivity index (χ0v) is 12.0. The molecule has 1 saturated carbocycles. The Bertz CT molecular complexity index is 325. The molecule has 0 spiro atoms. The molecular formula is C13H25N3O3. The Balaban J connectivity index is 2.32. The summed E-state index contributed by atoms with van der Waals surface area (Å²) in [5.74, 6) is -0.362. The molecule has 0 heterocycles. The summed E-state index contributed by atoms with van der Waals surface area (Å²) in [4.78, 5) is 25.0. The van der Waals surface area contributed by atoms with Gasteiger partial charge in [0, 0.05) is 11.6 Å². The van der Waals surface area contributed by atoms with Gasteiger partial charge >= 0.3 is 6.03 Å². The fraction of sp³-hybridized carbons (Fsp3) is 0.846. The average molecular weight is 271 g/mol. The molecule has 0 radical (unpaired) electrons. The van der Waals surface area contributed by atoms with E-state index in [-0.39, 0.29) is 25.1 Å². The van der Waals surface area contributed by atoms with Gasteiger partial charge in [-0.3, -0.25) is 15.0 Å². The van der Waals surface area contributed by atoms with Gasteiger partial charge in [0.15, 0.2) is 0 Å². The monoisotopic (exact) mass is 271 g/mol. The van der Waals surface area contributed by atoms with E-state index in [1.807, 2.05) is 13.8 Å². The van der Waals surface area contributed by atoms with Gasteiger partial charge in [0.05, 0.1) is 13.2 Å². The molecule has 0 aliphatic heterocycles. The first-order valence-electron chi connectivity index (χ1n) is 6.77. The lowest BCUT2D eigenvalue weighted by Gasteiger charge is -2.33. The van der Waals surface area contributed by atoms with Crippen molar-refractivity contribution < 1.29 is 14.7 Å². The highest BCUT2D eigenvalue weighted by Crippen LogP contribution is 2.17. The summed E-state index contributed by atoms with van der Waals surface area (Å²) in [6.07, 6.45) is 4.23. The molecule has 0 aromatic heterocycles. The molecule has 0 aromatic rings. The van der Waals surface area contributed by atoms with E-state index in [2.05, 4.69) is 10.6 Å². The number of nitrogens with zero attached hydrogens (tertiary/aromatic N) is 1. The second-order valence-electron chi connectivity index (χ2n) is 5.83. The maximum atomic E-state index is 11.7. The van der Waals surface area contributed by atoms with Crippen LogP contribution in [0.2, 0.25) is 0 Å². The molecule has 0 atom stereocenters. The van der Waals surface area contributed by atoms with Gasteiger partial charge in [-0.05, 0) is 33.7 Å². The van der Waals surface area contributed by atoms with E-state index >= 15 is 0 Å². The first-order valence-corrected chi connectivity index (χ1v) is 6.77. The molecule has 1 aliphatic carbocycles. The molecule has 0 saturated heterocycles. The summed E-state index contributed by atoms with van der Waals surface area (Å²) in [6.45, 7) is 3.69. The van der Waals surface area contributed by atoms with Crippen LogP contribution in [0, 0.1) is 0 Å². The van der Waals surface area contributed by atoms with Gasteiger partial charge in [-0.25, -0.2) is 4.79 Å². The quantitative estimate of drug-likeness (QED) is 0.678. The number of carbonyl (C=O) groups excluding carboxylic acids is 2. The molecule has 110 valence electrons. The molecular weight excluding hydrogens is 246 g/mol. The van der Waals surface area contributed by atoms with Crippen LogP contribution in [0.25, 0.3) is 0 Å². The number of amides is 3. The van der Waals surface area contributed by atoms with Crippen molar-refractivity contribution in [3.05, 3.63) is 0 Å². The molecule has 3 amide bonds. The predicted molar refractivity (Wildman–Crippen MR) is 72.7 cm³/mol. The van der Waals surface area contributed by atoms with Crippen LogP contribution in [0.3, 0.4) is 0 Å². The number of hydrogen-bond acceptors (Lipinski definition) is 4. The Morgan fingerprint density at radius 3 is 2.42 bits per heavy atom. The largest absolute Gasteiger partial charge is 0.394 e. The number of imide groups is 1. The van der Waals surface area contributed by atoms with Gasteiger partial charge in [0.2, 0.25) is 5.91 Å². The molecule has 1 fully saturated rings. The lowest BCUT2D eigenvalue weighted by atomic mass is 10.1. The highest BCUT2D eigenvalue weighted by atomic mass is 16.3. The fourth-order valence-electron chi connectivity index (χ4n) is 2.01. The van der Waals surface area contributed by atoms with Crippen LogP contribution in [-0.2, 0) is 4.79 Å². The summed E-state index contributed by atoms with van der Waals surface area (Å²) < 4.78 is 0. The van der Waals surface area contributed by atoms with Crippen molar-refractivity contribution in [3.63, 3.8) is 0 Å². The van der Waals surface area contributed by atoms with Crippen LogP contribution < -0.4 is 10.6 Å². The number of urea groups is 1. The van der Waals surface area contributed by atoms with E-state index in [0.29, 0.717) is 0 Å². The van der Waals surface area contributed by atoms with Crippen molar-refractivity contribution in [2.45, 2.75) is 51.1 Å². The Kier molecular flexibility index (Phi) is 5.75. The normalized spacial score (nSPS) is 16.7. The number of aliphatic hydroxyl groups is 1. The van der Waals surface area contributed by atoms with Gasteiger partial charge < -0.3 is 10.4 Å². The summed E-state index contributed by atoms with van der Waals surface area (Å²) in [5, 5.41) is 14.3. The predicted octanol–water partition coefficient (Wildman–Crippen LogP) is 0.458. The van der Waals surface area contributed by atoms with E-state index in [0.717, 1.165) is 25.7 Å². The van der Waals surface area contributed by atoms with Gasteiger partial charge in [-0.15, -0.1) is 0 Å². The topological polar surface area (TPSA) is 81.7 Å². The SMILES string of the molecule is CN(CC(=O)NC(=O)NC1CCCC1)C(C)(C)CO. The van der Waals surface area contributed by atoms with Crippen LogP contribution in [0.1, 0.15) is 39.5 Å². The van der Waals surface area contributed by atoms with Crippen LogP contribution in [0.5, 0.6) is 0 Å². The molecule has 0 aromatic carbocycles. The van der Waals surface area contributed by atoms with Crippen LogP contribution in [0.15, 0.2) is 0 Å². The number of likely N-dealkylation sites (N-methyl/N-ethyl adjacent to an activating group) is 1. The van der Waals surface area contributed by atoms with E-state index in [1.165, 1.54) is 0 Å². The van der Waals surface area contributed by atoms with Crippen LogP contribution in [0.4, 0.5) is 4.79 Å². The molecule has 6 heteroatoms. The van der Waals surface area contributed by atoms with Crippen LogP contribution >= 0.6 is 0 Å². The number of carbonyl (C=O) groups is 2. The molecule has 19 heavy (non-hydrogen) atoms. The summed E-state index contributed by atoms with van der Waals surface area (Å²) in [6, 6.07) is -0.230. The maximum absolute atomic E-state index is 11.7. The summed E-state index contributed by atoms with van der Waals surface area (Å²) in [7, 11) is 1.74. The first-order chi connectivity index (χ1) is 8.85. The zero-order chi connectivity index (χ0) is 14.5. The van der Waals surface area contributed by atoms with Crippen molar-refractivity contribution in [2.75, 3.05) is 20.2 Å². The zero-order valence-electron chi connectivity index (χ0n) is 12.0. The molecule has 1 rings (SSSR count). The molecule has 6 nitrogen and oxygen atoms in total. The third-order valence-electron chi connectivity index (χ3n) is 3.74. The Hall–Kier alpha value is -1.14. The third-order valence-corrected chi connectivity index (χ3v) is 3.74. The molecule has 0 unspecified atom stereocenters. The molecule has 1 aliphatic rings. The number of aliphatic hydroxyl groups excluding tert-OH is 1. The number of nitrogens with one attached hydrogen (secondary N) is 2. The van der Waals surface area contributed by atoms with Gasteiger partial charge in [0.25, 0.3) is 0 Å². The minimum absolute atomic E-state index is 0.0505. The third kappa shape index (κ3) is 5.16. The molecule has 0 bridgehead atoms.